The molecule has 0 fully saturated rings. The van der Waals surface area contributed by atoms with Gasteiger partial charge in [0, 0.05) is 4.60 Å². The van der Waals surface area contributed by atoms with Gasteiger partial charge >= 0.3 is 26.2 Å². The molecule has 4 rings (SSSR count). The van der Waals surface area contributed by atoms with Gasteiger partial charge in [0.1, 0.15) is 0 Å². The van der Waals surface area contributed by atoms with E-state index in [4.69, 9.17) is 0 Å². The van der Waals surface area contributed by atoms with Crippen molar-refractivity contribution < 1.29 is 51.0 Å². The predicted molar refractivity (Wildman–Crippen MR) is 83.0 cm³/mol. The third-order valence-electron chi connectivity index (χ3n) is 3.00. The Labute approximate surface area is 170 Å². The van der Waals surface area contributed by atoms with E-state index in [-0.39, 0.29) is 51.0 Å². The minimum atomic E-state index is 0. The van der Waals surface area contributed by atoms with Crippen molar-refractivity contribution in [2.75, 3.05) is 0 Å². The Bertz CT molecular complexity index is 727. The van der Waals surface area contributed by atoms with Crippen LogP contribution in [0.25, 0.3) is 21.9 Å². The average Bonchev–Trinajstić information content (AvgIpc) is 3.09. The molecular formula is C17H12BrCl2NZr. The van der Waals surface area contributed by atoms with E-state index in [0.29, 0.717) is 0 Å². The Morgan fingerprint density at radius 3 is 2.50 bits per heavy atom. The Morgan fingerprint density at radius 2 is 1.86 bits per heavy atom. The Hall–Kier alpha value is -0.337. The topological polar surface area (TPSA) is 15.8 Å². The Balaban J connectivity index is 0.000000482. The number of benzene rings is 1. The van der Waals surface area contributed by atoms with Gasteiger partial charge in [0.15, 0.2) is 0 Å². The summed E-state index contributed by atoms with van der Waals surface area (Å²) in [6.45, 7) is 0. The molecular weight excluding hydrogens is 460 g/mol. The molecule has 110 valence electrons. The molecule has 0 bridgehead atoms. The molecule has 0 saturated carbocycles. The number of fused-ring (bicyclic) bond motifs is 3. The van der Waals surface area contributed by atoms with Crippen molar-refractivity contribution in [3.63, 3.8) is 0 Å². The summed E-state index contributed by atoms with van der Waals surface area (Å²) in [7, 11) is 0. The van der Waals surface area contributed by atoms with Crippen molar-refractivity contribution in [2.45, 2.75) is 6.42 Å². The summed E-state index contributed by atoms with van der Waals surface area (Å²) in [6, 6.07) is 12.6. The van der Waals surface area contributed by atoms with Gasteiger partial charge in [-0.1, -0.05) is 63.2 Å². The van der Waals surface area contributed by atoms with E-state index in [9.17, 15) is 0 Å². The fourth-order valence-corrected chi connectivity index (χ4v) is 2.48. The predicted octanol–water partition coefficient (Wildman–Crippen LogP) is -0.853. The Kier molecular flexibility index (Phi) is 10.3. The number of allylic oxidation sites excluding steroid dienone is 4. The normalized spacial score (nSPS) is 11.1. The van der Waals surface area contributed by atoms with Gasteiger partial charge in [-0.2, -0.15) is 6.08 Å². The molecule has 0 unspecified atom stereocenters. The molecule has 1 aromatic carbocycles. The molecule has 3 aliphatic rings. The standard InChI is InChI=1S/C12H7BrN.C5H5.2ClH.Zr/c13-12-6-9-5-8-3-1-2-4-10(8)11(9)7-14-12;1-2-4-5-3-1;;;/h1-6,14H;1-3H,4H2;2*1H;/q2*-1;;;+4/p-2. The molecule has 0 saturated heterocycles. The maximum atomic E-state index is 3.40. The average molecular weight is 472 g/mol. The summed E-state index contributed by atoms with van der Waals surface area (Å²) >= 11 is 3.40. The van der Waals surface area contributed by atoms with Crippen LogP contribution in [0.3, 0.4) is 0 Å². The monoisotopic (exact) mass is 469 g/mol. The number of nitrogens with one attached hydrogen (secondary N) is 1. The number of aromatic amines is 1. The van der Waals surface area contributed by atoms with Crippen LogP contribution in [-0.4, -0.2) is 4.98 Å². The number of hydrogen-bond acceptors (Lipinski definition) is 0. The number of rotatable bonds is 0. The molecule has 5 heteroatoms. The summed E-state index contributed by atoms with van der Waals surface area (Å²) in [5.41, 5.74) is 2.38. The number of halogens is 3. The fourth-order valence-electron chi connectivity index (χ4n) is 2.13. The zero-order chi connectivity index (χ0) is 13.1. The van der Waals surface area contributed by atoms with Crippen molar-refractivity contribution in [3.8, 4) is 11.1 Å². The SMILES string of the molecule is Brc1cc2cc3ccccc3c-2[c-][nH]1.[C-]1=CC=CC1.[Cl-].[Cl-].[Zr+4]. The second kappa shape index (κ2) is 10.4. The minimum Gasteiger partial charge on any atom is -1.00 e. The van der Waals surface area contributed by atoms with Crippen molar-refractivity contribution in [2.24, 2.45) is 0 Å². The maximum Gasteiger partial charge on any atom is 4.00 e. The van der Waals surface area contributed by atoms with E-state index in [1.54, 1.807) is 0 Å². The Morgan fingerprint density at radius 1 is 1.09 bits per heavy atom. The largest absolute Gasteiger partial charge is 4.00 e. The van der Waals surface area contributed by atoms with Crippen LogP contribution in [0.5, 0.6) is 0 Å². The van der Waals surface area contributed by atoms with Crippen molar-refractivity contribution in [1.82, 2.24) is 4.98 Å². The van der Waals surface area contributed by atoms with Crippen LogP contribution in [0.4, 0.5) is 0 Å². The van der Waals surface area contributed by atoms with Crippen molar-refractivity contribution >= 4 is 26.7 Å². The summed E-state index contributed by atoms with van der Waals surface area (Å²) in [5.74, 6) is 0. The number of H-pyrrole nitrogens is 1. The molecule has 0 radical (unpaired) electrons. The zero-order valence-corrected chi connectivity index (χ0v) is 17.1. The van der Waals surface area contributed by atoms with Crippen LogP contribution in [0.15, 0.2) is 59.2 Å². The minimum absolute atomic E-state index is 0. The first-order valence-corrected chi connectivity index (χ1v) is 6.93. The van der Waals surface area contributed by atoms with Gasteiger partial charge < -0.3 is 29.8 Å². The third kappa shape index (κ3) is 5.10. The summed E-state index contributed by atoms with van der Waals surface area (Å²) < 4.78 is 0.959. The summed E-state index contributed by atoms with van der Waals surface area (Å²) in [4.78, 5) is 3.04. The molecule has 0 atom stereocenters. The van der Waals surface area contributed by atoms with Crippen LogP contribution >= 0.6 is 15.9 Å². The van der Waals surface area contributed by atoms with Gasteiger partial charge in [-0.05, 0) is 0 Å². The van der Waals surface area contributed by atoms with E-state index in [0.717, 1.165) is 16.6 Å². The van der Waals surface area contributed by atoms with Crippen LogP contribution in [-0.2, 0) is 26.2 Å². The van der Waals surface area contributed by atoms with Crippen molar-refractivity contribution in [1.29, 1.82) is 0 Å². The first-order chi connectivity index (χ1) is 9.34. The van der Waals surface area contributed by atoms with E-state index >= 15 is 0 Å². The smallest absolute Gasteiger partial charge is 1.00 e. The first kappa shape index (κ1) is 21.7. The molecule has 0 spiro atoms. The van der Waals surface area contributed by atoms with Crippen LogP contribution in [0.2, 0.25) is 0 Å². The first-order valence-electron chi connectivity index (χ1n) is 6.14. The fraction of sp³-hybridized carbons (Fsp3) is 0.0588. The maximum absolute atomic E-state index is 3.40. The van der Waals surface area contributed by atoms with Crippen LogP contribution in [0, 0.1) is 12.3 Å². The molecule has 0 aromatic heterocycles. The van der Waals surface area contributed by atoms with Gasteiger partial charge in [-0.3, -0.25) is 6.08 Å². The molecule has 22 heavy (non-hydrogen) atoms. The van der Waals surface area contributed by atoms with Gasteiger partial charge in [0.25, 0.3) is 0 Å². The molecule has 1 N–H and O–H groups in total. The molecule has 1 heterocycles. The van der Waals surface area contributed by atoms with Gasteiger partial charge in [0.05, 0.1) is 0 Å². The van der Waals surface area contributed by atoms with Crippen LogP contribution < -0.4 is 24.8 Å². The van der Waals surface area contributed by atoms with Gasteiger partial charge in [-0.25, -0.2) is 12.2 Å². The summed E-state index contributed by atoms with van der Waals surface area (Å²) in [5, 5.41) is 2.52. The van der Waals surface area contributed by atoms with Gasteiger partial charge in [-0.15, -0.1) is 23.6 Å². The van der Waals surface area contributed by atoms with Gasteiger partial charge in [0.2, 0.25) is 0 Å². The molecule has 1 aromatic rings. The third-order valence-corrected chi connectivity index (χ3v) is 3.43. The second-order valence-electron chi connectivity index (χ2n) is 4.31. The molecule has 1 aliphatic heterocycles. The van der Waals surface area contributed by atoms with E-state index in [1.165, 1.54) is 16.3 Å². The van der Waals surface area contributed by atoms with E-state index in [1.807, 2.05) is 12.2 Å². The molecule has 2 aliphatic carbocycles. The number of pyridine rings is 1. The zero-order valence-electron chi connectivity index (χ0n) is 11.5. The second-order valence-corrected chi connectivity index (χ2v) is 5.16. The number of hydrogen-bond donors (Lipinski definition) is 1. The van der Waals surface area contributed by atoms with E-state index in [2.05, 4.69) is 75.7 Å². The quantitative estimate of drug-likeness (QED) is 0.324. The summed E-state index contributed by atoms with van der Waals surface area (Å²) in [6.07, 6.45) is 13.2. The van der Waals surface area contributed by atoms with Crippen molar-refractivity contribution in [3.05, 3.63) is 71.5 Å². The van der Waals surface area contributed by atoms with E-state index < -0.39 is 0 Å². The number of aromatic nitrogens is 1. The molecule has 1 nitrogen and oxygen atoms in total. The van der Waals surface area contributed by atoms with Crippen LogP contribution in [0.1, 0.15) is 6.42 Å². The molecule has 0 amide bonds.